The fourth-order valence-electron chi connectivity index (χ4n) is 2.92. The number of rotatable bonds is 3. The van der Waals surface area contributed by atoms with Crippen LogP contribution in [0.2, 0.25) is 5.02 Å². The van der Waals surface area contributed by atoms with Gasteiger partial charge in [0.25, 0.3) is 0 Å². The second-order valence-electron chi connectivity index (χ2n) is 5.88. The zero-order chi connectivity index (χ0) is 14.8. The van der Waals surface area contributed by atoms with Gasteiger partial charge in [-0.2, -0.15) is 0 Å². The molecule has 1 aromatic heterocycles. The highest BCUT2D eigenvalue weighted by Gasteiger charge is 2.29. The Morgan fingerprint density at radius 2 is 2.19 bits per heavy atom. The van der Waals surface area contributed by atoms with E-state index in [4.69, 9.17) is 11.6 Å². The fraction of sp³-hybridized carbons (Fsp3) is 0.600. The molecule has 1 atom stereocenters. The van der Waals surface area contributed by atoms with Gasteiger partial charge in [0, 0.05) is 31.2 Å². The van der Waals surface area contributed by atoms with E-state index in [0.717, 1.165) is 38.6 Å². The van der Waals surface area contributed by atoms with Gasteiger partial charge >= 0.3 is 0 Å². The van der Waals surface area contributed by atoms with Crippen LogP contribution in [-0.4, -0.2) is 30.0 Å². The zero-order valence-corrected chi connectivity index (χ0v) is 12.6. The Hall–Kier alpha value is -1.36. The Morgan fingerprint density at radius 3 is 2.86 bits per heavy atom. The van der Waals surface area contributed by atoms with Gasteiger partial charge in [-0.15, -0.1) is 0 Å². The van der Waals surface area contributed by atoms with E-state index in [-0.39, 0.29) is 17.9 Å². The highest BCUT2D eigenvalue weighted by atomic mass is 35.5. The third-order valence-electron chi connectivity index (χ3n) is 4.33. The lowest BCUT2D eigenvalue weighted by Gasteiger charge is -2.35. The summed E-state index contributed by atoms with van der Waals surface area (Å²) in [6.45, 7) is 1.35. The minimum Gasteiger partial charge on any atom is -0.352 e. The number of halogens is 2. The lowest BCUT2D eigenvalue weighted by atomic mass is 9.84. The van der Waals surface area contributed by atoms with Crippen molar-refractivity contribution in [2.45, 2.75) is 38.1 Å². The Morgan fingerprint density at radius 1 is 1.38 bits per heavy atom. The van der Waals surface area contributed by atoms with Crippen LogP contribution in [0, 0.1) is 11.7 Å². The molecular formula is C15H19ClFN3O. The summed E-state index contributed by atoms with van der Waals surface area (Å²) < 4.78 is 13.9. The third-order valence-corrected chi connectivity index (χ3v) is 4.54. The molecule has 1 saturated carbocycles. The molecule has 1 aliphatic heterocycles. The van der Waals surface area contributed by atoms with Crippen molar-refractivity contribution in [1.29, 1.82) is 0 Å². The molecule has 1 N–H and O–H groups in total. The monoisotopic (exact) mass is 311 g/mol. The van der Waals surface area contributed by atoms with Crippen molar-refractivity contribution in [2.75, 3.05) is 18.0 Å². The number of piperidine rings is 1. The van der Waals surface area contributed by atoms with Gasteiger partial charge in [0.15, 0.2) is 11.6 Å². The minimum absolute atomic E-state index is 0.0729. The molecule has 2 aliphatic rings. The summed E-state index contributed by atoms with van der Waals surface area (Å²) in [6.07, 6.45) is 6.44. The van der Waals surface area contributed by atoms with E-state index in [1.807, 2.05) is 4.90 Å². The van der Waals surface area contributed by atoms with Crippen LogP contribution in [0.4, 0.5) is 10.2 Å². The maximum Gasteiger partial charge on any atom is 0.223 e. The van der Waals surface area contributed by atoms with E-state index < -0.39 is 5.82 Å². The van der Waals surface area contributed by atoms with Crippen LogP contribution in [-0.2, 0) is 4.79 Å². The molecule has 0 aromatic carbocycles. The Labute approximate surface area is 128 Å². The van der Waals surface area contributed by atoms with Crippen LogP contribution in [0.15, 0.2) is 12.3 Å². The zero-order valence-electron chi connectivity index (χ0n) is 11.8. The van der Waals surface area contributed by atoms with E-state index in [1.54, 1.807) is 0 Å². The standard InChI is InChI=1S/C15H19ClFN3O/c16-11-7-13(17)14(18-8-11)20-6-2-5-12(9-20)19-15(21)10-3-1-4-10/h7-8,10,12H,1-6,9H2,(H,19,21). The van der Waals surface area contributed by atoms with E-state index in [2.05, 4.69) is 10.3 Å². The second kappa shape index (κ2) is 6.18. The first-order valence-electron chi connectivity index (χ1n) is 7.50. The molecule has 1 unspecified atom stereocenters. The molecular weight excluding hydrogens is 293 g/mol. The van der Waals surface area contributed by atoms with Gasteiger partial charge in [0.05, 0.1) is 5.02 Å². The summed E-state index contributed by atoms with van der Waals surface area (Å²) in [5.41, 5.74) is 0. The summed E-state index contributed by atoms with van der Waals surface area (Å²) in [5.74, 6) is 0.249. The number of nitrogens with one attached hydrogen (secondary N) is 1. The fourth-order valence-corrected chi connectivity index (χ4v) is 3.06. The lowest BCUT2D eigenvalue weighted by molar-refractivity contribution is -0.128. The molecule has 1 amide bonds. The molecule has 6 heteroatoms. The number of amides is 1. The van der Waals surface area contributed by atoms with Crippen LogP contribution >= 0.6 is 11.6 Å². The molecule has 1 aromatic rings. The summed E-state index contributed by atoms with van der Waals surface area (Å²) in [5, 5.41) is 3.39. The highest BCUT2D eigenvalue weighted by Crippen LogP contribution is 2.27. The maximum absolute atomic E-state index is 13.9. The Balaban J connectivity index is 1.63. The lowest BCUT2D eigenvalue weighted by Crippen LogP contribution is -2.50. The maximum atomic E-state index is 13.9. The molecule has 114 valence electrons. The van der Waals surface area contributed by atoms with E-state index >= 15 is 0 Å². The first-order valence-corrected chi connectivity index (χ1v) is 7.87. The van der Waals surface area contributed by atoms with Crippen molar-refractivity contribution >= 4 is 23.3 Å². The SMILES string of the molecule is O=C(NC1CCCN(c2ncc(Cl)cc2F)C1)C1CCC1. The number of anilines is 1. The van der Waals surface area contributed by atoms with E-state index in [0.29, 0.717) is 17.4 Å². The van der Waals surface area contributed by atoms with Crippen molar-refractivity contribution < 1.29 is 9.18 Å². The van der Waals surface area contributed by atoms with Gasteiger partial charge in [-0.3, -0.25) is 4.79 Å². The quantitative estimate of drug-likeness (QED) is 0.933. The van der Waals surface area contributed by atoms with Crippen LogP contribution in [0.3, 0.4) is 0 Å². The van der Waals surface area contributed by atoms with Gasteiger partial charge in [0.2, 0.25) is 5.91 Å². The summed E-state index contributed by atoms with van der Waals surface area (Å²) in [4.78, 5) is 18.0. The van der Waals surface area contributed by atoms with Crippen molar-refractivity contribution in [3.05, 3.63) is 23.1 Å². The molecule has 2 heterocycles. The van der Waals surface area contributed by atoms with E-state index in [1.165, 1.54) is 12.3 Å². The van der Waals surface area contributed by atoms with Crippen molar-refractivity contribution in [3.63, 3.8) is 0 Å². The molecule has 1 aliphatic carbocycles. The average molecular weight is 312 g/mol. The number of carbonyl (C=O) groups excluding carboxylic acids is 1. The number of carbonyl (C=O) groups is 1. The van der Waals surface area contributed by atoms with Gasteiger partial charge in [-0.25, -0.2) is 9.37 Å². The molecule has 0 spiro atoms. The normalized spacial score (nSPS) is 22.8. The van der Waals surface area contributed by atoms with Gasteiger partial charge in [0.1, 0.15) is 0 Å². The summed E-state index contributed by atoms with van der Waals surface area (Å²) in [7, 11) is 0. The molecule has 3 rings (SSSR count). The van der Waals surface area contributed by atoms with Crippen LogP contribution < -0.4 is 10.2 Å². The number of pyridine rings is 1. The Bertz CT molecular complexity index is 536. The summed E-state index contributed by atoms with van der Waals surface area (Å²) in [6, 6.07) is 1.35. The number of hydrogen-bond acceptors (Lipinski definition) is 3. The van der Waals surface area contributed by atoms with Crippen molar-refractivity contribution in [2.24, 2.45) is 5.92 Å². The largest absolute Gasteiger partial charge is 0.352 e. The van der Waals surface area contributed by atoms with Crippen LogP contribution in [0.5, 0.6) is 0 Å². The minimum atomic E-state index is -0.409. The molecule has 4 nitrogen and oxygen atoms in total. The Kier molecular flexibility index (Phi) is 4.29. The van der Waals surface area contributed by atoms with Crippen LogP contribution in [0.25, 0.3) is 0 Å². The third kappa shape index (κ3) is 3.28. The first-order chi connectivity index (χ1) is 10.1. The topological polar surface area (TPSA) is 45.2 Å². The first kappa shape index (κ1) is 14.6. The predicted molar refractivity (Wildman–Crippen MR) is 79.9 cm³/mol. The van der Waals surface area contributed by atoms with Gasteiger partial charge in [-0.1, -0.05) is 18.0 Å². The second-order valence-corrected chi connectivity index (χ2v) is 6.32. The predicted octanol–water partition coefficient (Wildman–Crippen LogP) is 2.76. The molecule has 0 bridgehead atoms. The highest BCUT2D eigenvalue weighted by molar-refractivity contribution is 6.30. The van der Waals surface area contributed by atoms with Crippen molar-refractivity contribution in [3.8, 4) is 0 Å². The van der Waals surface area contributed by atoms with Crippen LogP contribution in [0.1, 0.15) is 32.1 Å². The van der Waals surface area contributed by atoms with Crippen molar-refractivity contribution in [1.82, 2.24) is 10.3 Å². The number of aromatic nitrogens is 1. The van der Waals surface area contributed by atoms with E-state index in [9.17, 15) is 9.18 Å². The average Bonchev–Trinajstić information content (AvgIpc) is 2.36. The molecule has 1 saturated heterocycles. The smallest absolute Gasteiger partial charge is 0.223 e. The summed E-state index contributed by atoms with van der Waals surface area (Å²) >= 11 is 5.73. The number of nitrogens with zero attached hydrogens (tertiary/aromatic N) is 2. The molecule has 21 heavy (non-hydrogen) atoms. The molecule has 2 fully saturated rings. The molecule has 0 radical (unpaired) electrons. The van der Waals surface area contributed by atoms with Gasteiger partial charge < -0.3 is 10.2 Å². The van der Waals surface area contributed by atoms with Gasteiger partial charge in [-0.05, 0) is 31.7 Å². The number of hydrogen-bond donors (Lipinski definition) is 1.